The molecule has 6 nitrogen and oxygen atoms in total. The fourth-order valence-corrected chi connectivity index (χ4v) is 3.20. The average Bonchev–Trinajstić information content (AvgIpc) is 3.27. The van der Waals surface area contributed by atoms with Crippen LogP contribution in [0.5, 0.6) is 5.75 Å². The Morgan fingerprint density at radius 2 is 1.83 bits per heavy atom. The van der Waals surface area contributed by atoms with E-state index in [0.717, 1.165) is 36.5 Å². The van der Waals surface area contributed by atoms with Crippen molar-refractivity contribution in [2.24, 2.45) is 5.92 Å². The minimum atomic E-state index is -0.0349. The minimum Gasteiger partial charge on any atom is -0.494 e. The van der Waals surface area contributed by atoms with Crippen LogP contribution < -0.4 is 20.7 Å². The van der Waals surface area contributed by atoms with Gasteiger partial charge in [-0.05, 0) is 56.1 Å². The molecular formula is C23H30ClN3O3. The summed E-state index contributed by atoms with van der Waals surface area (Å²) in [4.78, 5) is 24.1. The zero-order valence-corrected chi connectivity index (χ0v) is 18.1. The van der Waals surface area contributed by atoms with Crippen LogP contribution in [0.1, 0.15) is 30.4 Å². The maximum atomic E-state index is 12.1. The molecule has 0 radical (unpaired) electrons. The Kier molecular flexibility index (Phi) is 9.64. The minimum absolute atomic E-state index is 0. The number of rotatable bonds is 9. The van der Waals surface area contributed by atoms with Crippen LogP contribution in [0.25, 0.3) is 0 Å². The summed E-state index contributed by atoms with van der Waals surface area (Å²) in [5.74, 6) is 0.957. The van der Waals surface area contributed by atoms with Crippen LogP contribution in [0.15, 0.2) is 48.5 Å². The number of benzene rings is 2. The van der Waals surface area contributed by atoms with Crippen molar-refractivity contribution in [2.45, 2.75) is 32.7 Å². The van der Waals surface area contributed by atoms with Crippen LogP contribution in [-0.2, 0) is 16.1 Å². The molecule has 1 aliphatic rings. The summed E-state index contributed by atoms with van der Waals surface area (Å²) in [5.41, 5.74) is 2.95. The molecule has 2 aromatic carbocycles. The van der Waals surface area contributed by atoms with E-state index in [9.17, 15) is 9.59 Å². The van der Waals surface area contributed by atoms with Crippen molar-refractivity contribution in [3.05, 3.63) is 59.7 Å². The largest absolute Gasteiger partial charge is 0.494 e. The fourth-order valence-electron chi connectivity index (χ4n) is 3.20. The molecule has 3 N–H and O–H groups in total. The summed E-state index contributed by atoms with van der Waals surface area (Å²) in [5, 5.41) is 9.06. The number of nitrogens with one attached hydrogen (secondary N) is 3. The second-order valence-electron chi connectivity index (χ2n) is 7.42. The van der Waals surface area contributed by atoms with Gasteiger partial charge >= 0.3 is 0 Å². The zero-order valence-electron chi connectivity index (χ0n) is 17.3. The van der Waals surface area contributed by atoms with E-state index in [4.69, 9.17) is 4.74 Å². The van der Waals surface area contributed by atoms with Crippen molar-refractivity contribution >= 4 is 29.9 Å². The fraction of sp³-hybridized carbons (Fsp3) is 0.391. The number of halogens is 1. The molecule has 0 spiro atoms. The molecule has 1 saturated heterocycles. The molecular weight excluding hydrogens is 402 g/mol. The van der Waals surface area contributed by atoms with Crippen LogP contribution in [0.3, 0.4) is 0 Å². The second kappa shape index (κ2) is 12.2. The van der Waals surface area contributed by atoms with Crippen LogP contribution in [0.4, 0.5) is 5.69 Å². The molecule has 162 valence electrons. The van der Waals surface area contributed by atoms with Gasteiger partial charge in [0.25, 0.3) is 0 Å². The molecule has 0 aromatic heterocycles. The summed E-state index contributed by atoms with van der Waals surface area (Å²) >= 11 is 0. The Morgan fingerprint density at radius 1 is 1.10 bits per heavy atom. The number of carbonyl (C=O) groups is 2. The number of aryl methyl sites for hydroxylation is 1. The summed E-state index contributed by atoms with van der Waals surface area (Å²) in [7, 11) is 0. The van der Waals surface area contributed by atoms with Gasteiger partial charge < -0.3 is 20.7 Å². The highest BCUT2D eigenvalue weighted by atomic mass is 35.5. The Morgan fingerprint density at radius 3 is 2.50 bits per heavy atom. The van der Waals surface area contributed by atoms with E-state index in [1.165, 1.54) is 5.56 Å². The molecule has 3 rings (SSSR count). The third kappa shape index (κ3) is 7.69. The molecule has 2 aromatic rings. The van der Waals surface area contributed by atoms with Gasteiger partial charge in [-0.1, -0.05) is 29.8 Å². The van der Waals surface area contributed by atoms with Gasteiger partial charge in [-0.3, -0.25) is 9.59 Å². The molecule has 7 heteroatoms. The molecule has 30 heavy (non-hydrogen) atoms. The summed E-state index contributed by atoms with van der Waals surface area (Å²) < 4.78 is 5.64. The highest BCUT2D eigenvalue weighted by Crippen LogP contribution is 2.13. The maximum absolute atomic E-state index is 12.1. The van der Waals surface area contributed by atoms with Gasteiger partial charge in [0.15, 0.2) is 0 Å². The van der Waals surface area contributed by atoms with E-state index in [1.54, 1.807) is 0 Å². The molecule has 2 amide bonds. The van der Waals surface area contributed by atoms with Crippen LogP contribution in [-0.4, -0.2) is 31.5 Å². The van der Waals surface area contributed by atoms with Crippen molar-refractivity contribution in [1.82, 2.24) is 10.6 Å². The first kappa shape index (κ1) is 23.7. The maximum Gasteiger partial charge on any atom is 0.224 e. The number of anilines is 1. The SMILES string of the molecule is Cc1ccc(OCCCC(=O)Nc2ccc(CNC(=O)C3CCNC3)cc2)cc1.Cl. The monoisotopic (exact) mass is 431 g/mol. The molecule has 1 atom stereocenters. The number of amides is 2. The van der Waals surface area contributed by atoms with Gasteiger partial charge in [-0.15, -0.1) is 12.4 Å². The van der Waals surface area contributed by atoms with E-state index in [0.29, 0.717) is 26.0 Å². The first-order valence-electron chi connectivity index (χ1n) is 10.2. The Labute approximate surface area is 184 Å². The number of ether oxygens (including phenoxy) is 1. The zero-order chi connectivity index (χ0) is 20.5. The van der Waals surface area contributed by atoms with E-state index in [2.05, 4.69) is 16.0 Å². The predicted octanol–water partition coefficient (Wildman–Crippen LogP) is 3.44. The van der Waals surface area contributed by atoms with Gasteiger partial charge in [0, 0.05) is 25.2 Å². The lowest BCUT2D eigenvalue weighted by Gasteiger charge is -2.11. The number of hydrogen-bond donors (Lipinski definition) is 3. The van der Waals surface area contributed by atoms with Gasteiger partial charge in [-0.2, -0.15) is 0 Å². The van der Waals surface area contributed by atoms with Crippen molar-refractivity contribution in [1.29, 1.82) is 0 Å². The van der Waals surface area contributed by atoms with Crippen molar-refractivity contribution in [3.63, 3.8) is 0 Å². The van der Waals surface area contributed by atoms with Crippen LogP contribution >= 0.6 is 12.4 Å². The summed E-state index contributed by atoms with van der Waals surface area (Å²) in [6.45, 7) is 4.70. The molecule has 1 aliphatic heterocycles. The summed E-state index contributed by atoms with van der Waals surface area (Å²) in [6.07, 6.45) is 1.95. The summed E-state index contributed by atoms with van der Waals surface area (Å²) in [6, 6.07) is 15.4. The van der Waals surface area contributed by atoms with Gasteiger partial charge in [0.05, 0.1) is 12.5 Å². The highest BCUT2D eigenvalue weighted by Gasteiger charge is 2.21. The Bertz CT molecular complexity index is 803. The van der Waals surface area contributed by atoms with Crippen molar-refractivity contribution < 1.29 is 14.3 Å². The lowest BCUT2D eigenvalue weighted by molar-refractivity contribution is -0.124. The Hall–Kier alpha value is -2.57. The Balaban J connectivity index is 0.00000320. The molecule has 0 aliphatic carbocycles. The van der Waals surface area contributed by atoms with Crippen molar-refractivity contribution in [2.75, 3.05) is 25.0 Å². The van der Waals surface area contributed by atoms with E-state index < -0.39 is 0 Å². The molecule has 1 heterocycles. The molecule has 0 bridgehead atoms. The lowest BCUT2D eigenvalue weighted by atomic mass is 10.1. The standard InChI is InChI=1S/C23H29N3O3.ClH/c1-17-4-10-21(11-5-17)29-14-2-3-22(27)26-20-8-6-18(7-9-20)15-25-23(28)19-12-13-24-16-19;/h4-11,19,24H,2-3,12-16H2,1H3,(H,25,28)(H,26,27);1H. The number of carbonyl (C=O) groups excluding carboxylic acids is 2. The molecule has 0 saturated carbocycles. The van der Waals surface area contributed by atoms with E-state index in [-0.39, 0.29) is 30.1 Å². The normalized spacial score (nSPS) is 15.2. The molecule has 1 fully saturated rings. The van der Waals surface area contributed by atoms with Crippen molar-refractivity contribution in [3.8, 4) is 5.75 Å². The predicted molar refractivity (Wildman–Crippen MR) is 121 cm³/mol. The third-order valence-corrected chi connectivity index (χ3v) is 4.97. The molecule has 1 unspecified atom stereocenters. The average molecular weight is 432 g/mol. The number of hydrogen-bond acceptors (Lipinski definition) is 4. The first-order chi connectivity index (χ1) is 14.1. The first-order valence-corrected chi connectivity index (χ1v) is 10.2. The van der Waals surface area contributed by atoms with Crippen LogP contribution in [0.2, 0.25) is 0 Å². The van der Waals surface area contributed by atoms with Crippen LogP contribution in [0, 0.1) is 12.8 Å². The smallest absolute Gasteiger partial charge is 0.224 e. The highest BCUT2D eigenvalue weighted by molar-refractivity contribution is 5.90. The van der Waals surface area contributed by atoms with E-state index >= 15 is 0 Å². The third-order valence-electron chi connectivity index (χ3n) is 4.97. The van der Waals surface area contributed by atoms with Gasteiger partial charge in [-0.25, -0.2) is 0 Å². The second-order valence-corrected chi connectivity index (χ2v) is 7.42. The van der Waals surface area contributed by atoms with Gasteiger partial charge in [0.2, 0.25) is 11.8 Å². The van der Waals surface area contributed by atoms with Gasteiger partial charge in [0.1, 0.15) is 5.75 Å². The lowest BCUT2D eigenvalue weighted by Crippen LogP contribution is -2.31. The van der Waals surface area contributed by atoms with E-state index in [1.807, 2.05) is 55.5 Å². The topological polar surface area (TPSA) is 79.5 Å². The quantitative estimate of drug-likeness (QED) is 0.531.